The number of benzene rings is 1. The average Bonchev–Trinajstić information content (AvgIpc) is 2.94. The molecule has 5 nitrogen and oxygen atoms in total. The SMILES string of the molecule is Cc1cccc2c1N(Cc1cnoc1)C(=O)C2=O. The van der Waals surface area contributed by atoms with Crippen molar-refractivity contribution in [3.8, 4) is 0 Å². The fourth-order valence-corrected chi connectivity index (χ4v) is 2.18. The minimum absolute atomic E-state index is 0.298. The van der Waals surface area contributed by atoms with Crippen LogP contribution in [0.2, 0.25) is 0 Å². The monoisotopic (exact) mass is 242 g/mol. The highest BCUT2D eigenvalue weighted by Crippen LogP contribution is 2.33. The van der Waals surface area contributed by atoms with Gasteiger partial charge in [0.15, 0.2) is 0 Å². The zero-order valence-electron chi connectivity index (χ0n) is 9.71. The number of hydrogen-bond donors (Lipinski definition) is 0. The number of Topliss-reactive ketones (excluding diaryl/α,β-unsaturated/α-hetero) is 1. The lowest BCUT2D eigenvalue weighted by atomic mass is 10.1. The Balaban J connectivity index is 2.07. The van der Waals surface area contributed by atoms with Gasteiger partial charge in [0, 0.05) is 5.56 Å². The van der Waals surface area contributed by atoms with Crippen LogP contribution in [0.15, 0.2) is 35.2 Å². The number of para-hydroxylation sites is 1. The lowest BCUT2D eigenvalue weighted by Crippen LogP contribution is -2.29. The second-order valence-corrected chi connectivity index (χ2v) is 4.22. The van der Waals surface area contributed by atoms with Crippen molar-refractivity contribution in [1.82, 2.24) is 5.16 Å². The molecule has 1 aliphatic rings. The number of amides is 1. The van der Waals surface area contributed by atoms with Crippen LogP contribution in [0.3, 0.4) is 0 Å². The van der Waals surface area contributed by atoms with E-state index in [1.165, 1.54) is 17.4 Å². The van der Waals surface area contributed by atoms with Gasteiger partial charge in [0.1, 0.15) is 6.26 Å². The van der Waals surface area contributed by atoms with Crippen molar-refractivity contribution in [3.63, 3.8) is 0 Å². The lowest BCUT2D eigenvalue weighted by Gasteiger charge is -2.16. The third-order valence-electron chi connectivity index (χ3n) is 3.02. The van der Waals surface area contributed by atoms with E-state index in [0.717, 1.165) is 11.1 Å². The molecule has 90 valence electrons. The summed E-state index contributed by atoms with van der Waals surface area (Å²) in [6, 6.07) is 5.34. The van der Waals surface area contributed by atoms with Crippen molar-refractivity contribution in [2.75, 3.05) is 4.90 Å². The maximum Gasteiger partial charge on any atom is 0.299 e. The van der Waals surface area contributed by atoms with Crippen molar-refractivity contribution in [2.24, 2.45) is 0 Å². The maximum absolute atomic E-state index is 12.0. The number of ketones is 1. The van der Waals surface area contributed by atoms with Crippen LogP contribution in [0.1, 0.15) is 21.5 Å². The fraction of sp³-hybridized carbons (Fsp3) is 0.154. The highest BCUT2D eigenvalue weighted by Gasteiger charge is 2.36. The minimum atomic E-state index is -0.500. The van der Waals surface area contributed by atoms with E-state index in [4.69, 9.17) is 4.52 Å². The Bertz CT molecular complexity index is 632. The van der Waals surface area contributed by atoms with E-state index >= 15 is 0 Å². The molecule has 1 aromatic heterocycles. The van der Waals surface area contributed by atoms with Crippen LogP contribution in [-0.4, -0.2) is 16.8 Å². The first-order valence-corrected chi connectivity index (χ1v) is 5.52. The van der Waals surface area contributed by atoms with Gasteiger partial charge in [0.05, 0.1) is 24.0 Å². The third kappa shape index (κ3) is 1.44. The molecule has 0 saturated heterocycles. The van der Waals surface area contributed by atoms with Crippen LogP contribution in [0.4, 0.5) is 5.69 Å². The zero-order chi connectivity index (χ0) is 12.7. The van der Waals surface area contributed by atoms with Gasteiger partial charge in [-0.25, -0.2) is 0 Å². The van der Waals surface area contributed by atoms with Gasteiger partial charge in [0.2, 0.25) is 0 Å². The van der Waals surface area contributed by atoms with Crippen molar-refractivity contribution < 1.29 is 14.1 Å². The van der Waals surface area contributed by atoms with Crippen LogP contribution in [0.25, 0.3) is 0 Å². The van der Waals surface area contributed by atoms with Gasteiger partial charge in [0.25, 0.3) is 11.7 Å². The van der Waals surface area contributed by atoms with Gasteiger partial charge >= 0.3 is 0 Å². The predicted octanol–water partition coefficient (Wildman–Crippen LogP) is 1.71. The Morgan fingerprint density at radius 2 is 2.17 bits per heavy atom. The van der Waals surface area contributed by atoms with Gasteiger partial charge < -0.3 is 4.52 Å². The Morgan fingerprint density at radius 3 is 2.89 bits per heavy atom. The van der Waals surface area contributed by atoms with Gasteiger partial charge in [-0.15, -0.1) is 0 Å². The third-order valence-corrected chi connectivity index (χ3v) is 3.02. The maximum atomic E-state index is 12.0. The summed E-state index contributed by atoms with van der Waals surface area (Å²) >= 11 is 0. The van der Waals surface area contributed by atoms with E-state index in [-0.39, 0.29) is 0 Å². The quantitative estimate of drug-likeness (QED) is 0.752. The molecule has 0 atom stereocenters. The number of aromatic nitrogens is 1. The second-order valence-electron chi connectivity index (χ2n) is 4.22. The Labute approximate surface area is 103 Å². The molecule has 0 unspecified atom stereocenters. The molecule has 2 aromatic rings. The smallest absolute Gasteiger partial charge is 0.299 e. The van der Waals surface area contributed by atoms with Crippen LogP contribution in [0.5, 0.6) is 0 Å². The number of carbonyl (C=O) groups excluding carboxylic acids is 2. The standard InChI is InChI=1S/C13H10N2O3/c1-8-3-2-4-10-11(8)15(13(17)12(10)16)6-9-5-14-18-7-9/h2-5,7H,6H2,1H3. The van der Waals surface area contributed by atoms with Crippen molar-refractivity contribution >= 4 is 17.4 Å². The largest absolute Gasteiger partial charge is 0.364 e. The summed E-state index contributed by atoms with van der Waals surface area (Å²) in [7, 11) is 0. The van der Waals surface area contributed by atoms with E-state index in [2.05, 4.69) is 5.16 Å². The lowest BCUT2D eigenvalue weighted by molar-refractivity contribution is -0.114. The molecule has 0 spiro atoms. The van der Waals surface area contributed by atoms with Crippen LogP contribution in [0, 0.1) is 6.92 Å². The van der Waals surface area contributed by atoms with Crippen LogP contribution in [-0.2, 0) is 11.3 Å². The molecular formula is C13H10N2O3. The molecule has 18 heavy (non-hydrogen) atoms. The number of carbonyl (C=O) groups is 2. The molecule has 0 saturated carbocycles. The molecule has 0 fully saturated rings. The molecule has 2 heterocycles. The summed E-state index contributed by atoms with van der Waals surface area (Å²) in [4.78, 5) is 25.3. The second kappa shape index (κ2) is 3.80. The van der Waals surface area contributed by atoms with Gasteiger partial charge in [-0.2, -0.15) is 0 Å². The van der Waals surface area contributed by atoms with Crippen molar-refractivity contribution in [3.05, 3.63) is 47.3 Å². The Hall–Kier alpha value is -2.43. The summed E-state index contributed by atoms with van der Waals surface area (Å²) in [6.45, 7) is 2.18. The molecule has 3 rings (SSSR count). The van der Waals surface area contributed by atoms with Gasteiger partial charge in [-0.3, -0.25) is 14.5 Å². The Morgan fingerprint density at radius 1 is 1.33 bits per heavy atom. The number of hydrogen-bond acceptors (Lipinski definition) is 4. The minimum Gasteiger partial charge on any atom is -0.364 e. The molecule has 0 bridgehead atoms. The number of rotatable bonds is 2. The zero-order valence-corrected chi connectivity index (χ0v) is 9.71. The molecule has 1 aromatic carbocycles. The fourth-order valence-electron chi connectivity index (χ4n) is 2.18. The van der Waals surface area contributed by atoms with Gasteiger partial charge in [-0.05, 0) is 18.6 Å². The first kappa shape index (κ1) is 10.7. The summed E-state index contributed by atoms with van der Waals surface area (Å²) in [5, 5.41) is 3.59. The number of nitrogens with zero attached hydrogens (tertiary/aromatic N) is 2. The predicted molar refractivity (Wildman–Crippen MR) is 63.2 cm³/mol. The molecule has 5 heteroatoms. The van der Waals surface area contributed by atoms with Crippen molar-refractivity contribution in [2.45, 2.75) is 13.5 Å². The van der Waals surface area contributed by atoms with Crippen LogP contribution < -0.4 is 4.90 Å². The summed E-state index contributed by atoms with van der Waals surface area (Å²) in [6.07, 6.45) is 3.00. The number of fused-ring (bicyclic) bond motifs is 1. The number of anilines is 1. The molecule has 0 aliphatic carbocycles. The molecular weight excluding hydrogens is 232 g/mol. The van der Waals surface area contributed by atoms with Crippen molar-refractivity contribution in [1.29, 1.82) is 0 Å². The first-order valence-electron chi connectivity index (χ1n) is 5.52. The molecule has 1 aliphatic heterocycles. The average molecular weight is 242 g/mol. The highest BCUT2D eigenvalue weighted by atomic mass is 16.5. The topological polar surface area (TPSA) is 63.4 Å². The molecule has 0 radical (unpaired) electrons. The van der Waals surface area contributed by atoms with E-state index in [1.54, 1.807) is 12.1 Å². The highest BCUT2D eigenvalue weighted by molar-refractivity contribution is 6.52. The van der Waals surface area contributed by atoms with Gasteiger partial charge in [-0.1, -0.05) is 17.3 Å². The Kier molecular flexibility index (Phi) is 2.26. The summed E-state index contributed by atoms with van der Waals surface area (Å²) in [5.41, 5.74) is 2.82. The van der Waals surface area contributed by atoms with E-state index in [1.807, 2.05) is 13.0 Å². The van der Waals surface area contributed by atoms with E-state index < -0.39 is 11.7 Å². The number of aryl methyl sites for hydroxylation is 1. The van der Waals surface area contributed by atoms with E-state index in [9.17, 15) is 9.59 Å². The summed E-state index contributed by atoms with van der Waals surface area (Å²) in [5.74, 6) is -0.953. The van der Waals surface area contributed by atoms with Crippen LogP contribution >= 0.6 is 0 Å². The molecule has 0 N–H and O–H groups in total. The molecule has 1 amide bonds. The summed E-state index contributed by atoms with van der Waals surface area (Å²) < 4.78 is 4.73. The first-order chi connectivity index (χ1) is 8.68. The normalized spacial score (nSPS) is 14.2. The van der Waals surface area contributed by atoms with E-state index in [0.29, 0.717) is 17.8 Å².